The quantitative estimate of drug-likeness (QED) is 0.712. The Labute approximate surface area is 169 Å². The summed E-state index contributed by atoms with van der Waals surface area (Å²) in [7, 11) is -3.93. The highest BCUT2D eigenvalue weighted by molar-refractivity contribution is 7.89. The molecule has 0 aliphatic carbocycles. The van der Waals surface area contributed by atoms with Gasteiger partial charge >= 0.3 is 5.97 Å². The SMILES string of the molecule is CCOC(=O)c1c(S(=O)(=O)N2CCN(c3ccccc3Cl)CC2)n[nH]c1CC. The zero-order chi connectivity index (χ0) is 20.3. The minimum Gasteiger partial charge on any atom is -0.462 e. The number of aryl methyl sites for hydroxylation is 1. The monoisotopic (exact) mass is 426 g/mol. The first-order valence-electron chi connectivity index (χ1n) is 9.14. The van der Waals surface area contributed by atoms with Crippen LogP contribution in [0.25, 0.3) is 0 Å². The Morgan fingerprint density at radius 3 is 2.50 bits per heavy atom. The molecule has 10 heteroatoms. The number of nitrogens with one attached hydrogen (secondary N) is 1. The molecule has 3 rings (SSSR count). The zero-order valence-corrected chi connectivity index (χ0v) is 17.4. The number of esters is 1. The number of halogens is 1. The maximum atomic E-state index is 13.1. The van der Waals surface area contributed by atoms with E-state index in [1.807, 2.05) is 36.1 Å². The van der Waals surface area contributed by atoms with E-state index >= 15 is 0 Å². The van der Waals surface area contributed by atoms with E-state index in [1.165, 1.54) is 4.31 Å². The van der Waals surface area contributed by atoms with Crippen molar-refractivity contribution in [1.29, 1.82) is 0 Å². The molecule has 28 heavy (non-hydrogen) atoms. The van der Waals surface area contributed by atoms with Crippen LogP contribution >= 0.6 is 11.6 Å². The van der Waals surface area contributed by atoms with E-state index in [0.717, 1.165) is 5.69 Å². The molecule has 0 radical (unpaired) electrons. The number of nitrogens with zero attached hydrogens (tertiary/aromatic N) is 3. The van der Waals surface area contributed by atoms with Crippen molar-refractivity contribution in [3.05, 3.63) is 40.5 Å². The number of para-hydroxylation sites is 1. The van der Waals surface area contributed by atoms with Crippen molar-refractivity contribution in [1.82, 2.24) is 14.5 Å². The number of hydrogen-bond donors (Lipinski definition) is 1. The van der Waals surface area contributed by atoms with E-state index in [0.29, 0.717) is 30.2 Å². The van der Waals surface area contributed by atoms with Crippen molar-refractivity contribution >= 4 is 33.3 Å². The van der Waals surface area contributed by atoms with Gasteiger partial charge in [0, 0.05) is 26.2 Å². The maximum Gasteiger partial charge on any atom is 0.343 e. The molecule has 0 atom stereocenters. The van der Waals surface area contributed by atoms with Gasteiger partial charge in [0.25, 0.3) is 10.0 Å². The van der Waals surface area contributed by atoms with Crippen molar-refractivity contribution in [3.63, 3.8) is 0 Å². The van der Waals surface area contributed by atoms with Crippen LogP contribution in [0.2, 0.25) is 5.02 Å². The lowest BCUT2D eigenvalue weighted by atomic mass is 10.2. The second-order valence-corrected chi connectivity index (χ2v) is 8.56. The summed E-state index contributed by atoms with van der Waals surface area (Å²) >= 11 is 6.24. The van der Waals surface area contributed by atoms with Crippen LogP contribution in [0.1, 0.15) is 29.9 Å². The molecule has 0 unspecified atom stereocenters. The Morgan fingerprint density at radius 1 is 1.21 bits per heavy atom. The lowest BCUT2D eigenvalue weighted by molar-refractivity contribution is 0.0520. The van der Waals surface area contributed by atoms with Gasteiger partial charge in [-0.1, -0.05) is 30.7 Å². The normalized spacial score (nSPS) is 15.6. The molecular formula is C18H23ClN4O4S. The molecule has 1 aromatic carbocycles. The smallest absolute Gasteiger partial charge is 0.343 e. The number of rotatable bonds is 6. The third-order valence-corrected chi connectivity index (χ3v) is 6.81. The highest BCUT2D eigenvalue weighted by Gasteiger charge is 2.36. The number of ether oxygens (including phenoxy) is 1. The number of aromatic amines is 1. The Morgan fingerprint density at radius 2 is 1.89 bits per heavy atom. The Balaban J connectivity index is 1.83. The zero-order valence-electron chi connectivity index (χ0n) is 15.8. The summed E-state index contributed by atoms with van der Waals surface area (Å²) in [4.78, 5) is 14.4. The molecule has 1 N–H and O–H groups in total. The van der Waals surface area contributed by atoms with Crippen molar-refractivity contribution in [2.45, 2.75) is 25.3 Å². The average Bonchev–Trinajstić information content (AvgIpc) is 3.14. The summed E-state index contributed by atoms with van der Waals surface area (Å²) < 4.78 is 32.7. The number of anilines is 1. The van der Waals surface area contributed by atoms with Gasteiger partial charge in [0.1, 0.15) is 5.56 Å². The first-order valence-corrected chi connectivity index (χ1v) is 11.0. The lowest BCUT2D eigenvalue weighted by Gasteiger charge is -2.35. The fourth-order valence-corrected chi connectivity index (χ4v) is 4.98. The average molecular weight is 427 g/mol. The number of H-pyrrole nitrogens is 1. The number of sulfonamides is 1. The number of piperazine rings is 1. The van der Waals surface area contributed by atoms with Crippen molar-refractivity contribution < 1.29 is 17.9 Å². The molecule has 2 heterocycles. The fraction of sp³-hybridized carbons (Fsp3) is 0.444. The van der Waals surface area contributed by atoms with Crippen LogP contribution in [0.15, 0.2) is 29.3 Å². The number of hydrogen-bond acceptors (Lipinski definition) is 6. The Hall–Kier alpha value is -2.10. The maximum absolute atomic E-state index is 13.1. The Bertz CT molecular complexity index is 952. The third-order valence-electron chi connectivity index (χ3n) is 4.66. The van der Waals surface area contributed by atoms with E-state index in [4.69, 9.17) is 16.3 Å². The second-order valence-electron chi connectivity index (χ2n) is 6.30. The van der Waals surface area contributed by atoms with Crippen molar-refractivity contribution in [2.75, 3.05) is 37.7 Å². The summed E-state index contributed by atoms with van der Waals surface area (Å²) in [6.07, 6.45) is 0.441. The summed E-state index contributed by atoms with van der Waals surface area (Å²) in [6.45, 7) is 5.16. The molecule has 0 bridgehead atoms. The number of aromatic nitrogens is 2. The minimum absolute atomic E-state index is 0.00196. The van der Waals surface area contributed by atoms with Gasteiger partial charge in [-0.05, 0) is 25.5 Å². The summed E-state index contributed by atoms with van der Waals surface area (Å²) in [5, 5.41) is 6.96. The van der Waals surface area contributed by atoms with Crippen molar-refractivity contribution in [2.24, 2.45) is 0 Å². The molecule has 0 spiro atoms. The molecule has 2 aromatic rings. The molecule has 1 saturated heterocycles. The summed E-state index contributed by atoms with van der Waals surface area (Å²) in [5.74, 6) is -0.679. The van der Waals surface area contributed by atoms with E-state index in [-0.39, 0.29) is 30.3 Å². The van der Waals surface area contributed by atoms with Gasteiger partial charge < -0.3 is 9.64 Å². The molecule has 1 aliphatic heterocycles. The minimum atomic E-state index is -3.93. The van der Waals surface area contributed by atoms with E-state index in [9.17, 15) is 13.2 Å². The molecule has 0 amide bonds. The van der Waals surface area contributed by atoms with E-state index < -0.39 is 16.0 Å². The van der Waals surface area contributed by atoms with E-state index in [1.54, 1.807) is 6.92 Å². The van der Waals surface area contributed by atoms with Crippen LogP contribution in [0.5, 0.6) is 0 Å². The van der Waals surface area contributed by atoms with Crippen LogP contribution < -0.4 is 4.90 Å². The molecule has 8 nitrogen and oxygen atoms in total. The molecular weight excluding hydrogens is 404 g/mol. The molecule has 1 aromatic heterocycles. The topological polar surface area (TPSA) is 95.6 Å². The van der Waals surface area contributed by atoms with Crippen molar-refractivity contribution in [3.8, 4) is 0 Å². The van der Waals surface area contributed by atoms with Crippen LogP contribution in [-0.2, 0) is 21.2 Å². The molecule has 152 valence electrons. The second kappa shape index (κ2) is 8.50. The van der Waals surface area contributed by atoms with Gasteiger partial charge in [0.05, 0.1) is 23.0 Å². The number of benzene rings is 1. The highest BCUT2D eigenvalue weighted by Crippen LogP contribution is 2.28. The van der Waals surface area contributed by atoms with Gasteiger partial charge in [-0.2, -0.15) is 9.40 Å². The van der Waals surface area contributed by atoms with Gasteiger partial charge in [-0.25, -0.2) is 13.2 Å². The molecule has 1 aliphatic rings. The highest BCUT2D eigenvalue weighted by atomic mass is 35.5. The number of carbonyl (C=O) groups excluding carboxylic acids is 1. The standard InChI is InChI=1S/C18H23ClN4O4S/c1-3-14-16(18(24)27-4-2)17(21-20-14)28(25,26)23-11-9-22(10-12-23)15-8-6-5-7-13(15)19/h5-8H,3-4,9-12H2,1-2H3,(H,20,21). The van der Waals surface area contributed by atoms with Crippen LogP contribution in [0.4, 0.5) is 5.69 Å². The fourth-order valence-electron chi connectivity index (χ4n) is 3.22. The predicted molar refractivity (Wildman–Crippen MR) is 106 cm³/mol. The van der Waals surface area contributed by atoms with Gasteiger partial charge in [0.2, 0.25) is 5.03 Å². The van der Waals surface area contributed by atoms with Gasteiger partial charge in [-0.3, -0.25) is 5.10 Å². The first-order chi connectivity index (χ1) is 13.4. The van der Waals surface area contributed by atoms with E-state index in [2.05, 4.69) is 10.2 Å². The Kier molecular flexibility index (Phi) is 6.26. The summed E-state index contributed by atoms with van der Waals surface area (Å²) in [6, 6.07) is 7.46. The van der Waals surface area contributed by atoms with Gasteiger partial charge in [0.15, 0.2) is 0 Å². The molecule has 0 saturated carbocycles. The predicted octanol–water partition coefficient (Wildman–Crippen LogP) is 2.31. The van der Waals surface area contributed by atoms with Crippen LogP contribution in [-0.4, -0.2) is 61.7 Å². The summed E-state index contributed by atoms with van der Waals surface area (Å²) in [5.41, 5.74) is 1.33. The van der Waals surface area contributed by atoms with Gasteiger partial charge in [-0.15, -0.1) is 0 Å². The first kappa shape index (κ1) is 20.6. The molecule has 1 fully saturated rings. The van der Waals surface area contributed by atoms with Crippen LogP contribution in [0.3, 0.4) is 0 Å². The third kappa shape index (κ3) is 3.87. The number of carbonyl (C=O) groups is 1. The van der Waals surface area contributed by atoms with Crippen LogP contribution in [0, 0.1) is 0 Å². The lowest BCUT2D eigenvalue weighted by Crippen LogP contribution is -2.49. The largest absolute Gasteiger partial charge is 0.462 e.